The van der Waals surface area contributed by atoms with Crippen LogP contribution in [-0.4, -0.2) is 22.7 Å². The zero-order chi connectivity index (χ0) is 15.1. The number of hydrogen-bond donors (Lipinski definition) is 2. The van der Waals surface area contributed by atoms with Crippen molar-refractivity contribution in [3.8, 4) is 0 Å². The van der Waals surface area contributed by atoms with E-state index < -0.39 is 0 Å². The molecule has 1 atom stereocenters. The molecule has 1 aliphatic rings. The van der Waals surface area contributed by atoms with Crippen LogP contribution in [0.25, 0.3) is 0 Å². The molecular formula is C16H24N2O2. The molecule has 0 radical (unpaired) electrons. The van der Waals surface area contributed by atoms with E-state index in [4.69, 9.17) is 0 Å². The summed E-state index contributed by atoms with van der Waals surface area (Å²) in [6.07, 6.45) is 2.24. The number of Topliss-reactive ketones (excluding diaryl/α,β-unsaturated/α-hetero) is 1. The summed E-state index contributed by atoms with van der Waals surface area (Å²) in [4.78, 5) is 27.7. The van der Waals surface area contributed by atoms with E-state index in [1.54, 1.807) is 0 Å². The minimum Gasteiger partial charge on any atom is -0.354 e. The molecule has 1 aromatic rings. The Morgan fingerprint density at radius 3 is 2.65 bits per heavy atom. The number of H-pyrrole nitrogens is 1. The Kier molecular flexibility index (Phi) is 3.76. The van der Waals surface area contributed by atoms with Gasteiger partial charge in [0, 0.05) is 23.7 Å². The third kappa shape index (κ3) is 2.65. The van der Waals surface area contributed by atoms with E-state index in [0.717, 1.165) is 29.7 Å². The molecule has 1 heterocycles. The molecule has 4 nitrogen and oxygen atoms in total. The maximum atomic E-state index is 12.3. The summed E-state index contributed by atoms with van der Waals surface area (Å²) in [6.45, 7) is 10.0. The van der Waals surface area contributed by atoms with Crippen molar-refractivity contribution in [2.45, 2.75) is 59.9 Å². The third-order valence-corrected chi connectivity index (χ3v) is 4.12. The molecule has 0 aliphatic heterocycles. The quantitative estimate of drug-likeness (QED) is 0.891. The highest BCUT2D eigenvalue weighted by Crippen LogP contribution is 2.36. The molecule has 0 aromatic carbocycles. The Morgan fingerprint density at radius 1 is 1.40 bits per heavy atom. The second kappa shape index (κ2) is 5.08. The van der Waals surface area contributed by atoms with Gasteiger partial charge in [-0.15, -0.1) is 0 Å². The molecule has 20 heavy (non-hydrogen) atoms. The first-order chi connectivity index (χ1) is 9.25. The standard InChI is InChI=1S/C16H24N2O2/c1-6-9(2)17-15(20)14-10(3)13-11(18-14)7-16(4,5)8-12(13)19/h9,18H,6-8H2,1-5H3,(H,17,20)/t9-/m1/s1. The summed E-state index contributed by atoms with van der Waals surface area (Å²) in [5.74, 6) is 0.0319. The monoisotopic (exact) mass is 276 g/mol. The highest BCUT2D eigenvalue weighted by Gasteiger charge is 2.35. The SMILES string of the molecule is CC[C@@H](C)NC(=O)c1[nH]c2c(c1C)C(=O)CC(C)(C)C2. The van der Waals surface area contributed by atoms with Crippen molar-refractivity contribution in [2.24, 2.45) is 5.41 Å². The molecule has 110 valence electrons. The first kappa shape index (κ1) is 14.8. The van der Waals surface area contributed by atoms with Gasteiger partial charge in [-0.1, -0.05) is 20.8 Å². The van der Waals surface area contributed by atoms with Crippen LogP contribution in [0.2, 0.25) is 0 Å². The van der Waals surface area contributed by atoms with Crippen LogP contribution in [0, 0.1) is 12.3 Å². The van der Waals surface area contributed by atoms with Crippen molar-refractivity contribution < 1.29 is 9.59 Å². The maximum Gasteiger partial charge on any atom is 0.268 e. The normalized spacial score (nSPS) is 18.6. The van der Waals surface area contributed by atoms with Gasteiger partial charge in [0.2, 0.25) is 0 Å². The molecule has 1 amide bonds. The number of hydrogen-bond acceptors (Lipinski definition) is 2. The minimum atomic E-state index is -0.114. The number of rotatable bonds is 3. The molecule has 0 unspecified atom stereocenters. The van der Waals surface area contributed by atoms with E-state index in [0.29, 0.717) is 12.1 Å². The number of ketones is 1. The predicted molar refractivity (Wildman–Crippen MR) is 79.2 cm³/mol. The minimum absolute atomic E-state index is 0.0359. The van der Waals surface area contributed by atoms with Gasteiger partial charge in [0.1, 0.15) is 5.69 Å². The topological polar surface area (TPSA) is 62.0 Å². The van der Waals surface area contributed by atoms with Crippen molar-refractivity contribution in [1.82, 2.24) is 10.3 Å². The molecule has 2 rings (SSSR count). The third-order valence-electron chi connectivity index (χ3n) is 4.12. The molecular weight excluding hydrogens is 252 g/mol. The lowest BCUT2D eigenvalue weighted by atomic mass is 9.75. The van der Waals surface area contributed by atoms with E-state index in [-0.39, 0.29) is 23.1 Å². The van der Waals surface area contributed by atoms with Gasteiger partial charge < -0.3 is 10.3 Å². The number of aromatic amines is 1. The van der Waals surface area contributed by atoms with Crippen molar-refractivity contribution in [1.29, 1.82) is 0 Å². The summed E-state index contributed by atoms with van der Waals surface area (Å²) >= 11 is 0. The summed E-state index contributed by atoms with van der Waals surface area (Å²) in [6, 6.07) is 0.134. The Balaban J connectivity index is 2.35. The lowest BCUT2D eigenvalue weighted by Gasteiger charge is -2.28. The molecule has 2 N–H and O–H groups in total. The average Bonchev–Trinajstić information content (AvgIpc) is 2.64. The molecule has 1 aromatic heterocycles. The Hall–Kier alpha value is -1.58. The molecule has 0 bridgehead atoms. The van der Waals surface area contributed by atoms with E-state index in [2.05, 4.69) is 24.1 Å². The fourth-order valence-electron chi connectivity index (χ4n) is 2.86. The fraction of sp³-hybridized carbons (Fsp3) is 0.625. The van der Waals surface area contributed by atoms with Crippen molar-refractivity contribution in [3.63, 3.8) is 0 Å². The molecule has 4 heteroatoms. The van der Waals surface area contributed by atoms with E-state index in [1.807, 2.05) is 20.8 Å². The van der Waals surface area contributed by atoms with E-state index in [1.165, 1.54) is 0 Å². The van der Waals surface area contributed by atoms with E-state index >= 15 is 0 Å². The number of carbonyl (C=O) groups is 2. The highest BCUT2D eigenvalue weighted by atomic mass is 16.2. The number of nitrogens with one attached hydrogen (secondary N) is 2. The first-order valence-corrected chi connectivity index (χ1v) is 7.30. The Morgan fingerprint density at radius 2 is 2.05 bits per heavy atom. The first-order valence-electron chi connectivity index (χ1n) is 7.30. The van der Waals surface area contributed by atoms with Crippen LogP contribution in [0.3, 0.4) is 0 Å². The van der Waals surface area contributed by atoms with Gasteiger partial charge in [0.15, 0.2) is 5.78 Å². The predicted octanol–water partition coefficient (Wildman–Crippen LogP) is 3.01. The molecule has 0 saturated heterocycles. The zero-order valence-corrected chi connectivity index (χ0v) is 13.0. The van der Waals surface area contributed by atoms with Gasteiger partial charge in [-0.05, 0) is 37.7 Å². The van der Waals surface area contributed by atoms with Crippen LogP contribution >= 0.6 is 0 Å². The number of aromatic nitrogens is 1. The van der Waals surface area contributed by atoms with Crippen molar-refractivity contribution >= 4 is 11.7 Å². The Labute approximate surface area is 120 Å². The van der Waals surface area contributed by atoms with Gasteiger partial charge in [-0.25, -0.2) is 0 Å². The van der Waals surface area contributed by atoms with Crippen molar-refractivity contribution in [2.75, 3.05) is 0 Å². The summed E-state index contributed by atoms with van der Waals surface area (Å²) in [5, 5.41) is 2.95. The molecule has 0 saturated carbocycles. The van der Waals surface area contributed by atoms with Gasteiger partial charge in [0.05, 0.1) is 0 Å². The van der Waals surface area contributed by atoms with Crippen LogP contribution in [0.5, 0.6) is 0 Å². The average molecular weight is 276 g/mol. The maximum absolute atomic E-state index is 12.3. The van der Waals surface area contributed by atoms with Crippen LogP contribution in [-0.2, 0) is 6.42 Å². The molecule has 0 spiro atoms. The highest BCUT2D eigenvalue weighted by molar-refractivity contribution is 6.04. The Bertz CT molecular complexity index is 555. The van der Waals surface area contributed by atoms with Gasteiger partial charge in [-0.3, -0.25) is 9.59 Å². The van der Waals surface area contributed by atoms with Gasteiger partial charge >= 0.3 is 0 Å². The number of carbonyl (C=O) groups excluding carboxylic acids is 2. The largest absolute Gasteiger partial charge is 0.354 e. The lowest BCUT2D eigenvalue weighted by Crippen LogP contribution is -2.32. The van der Waals surface area contributed by atoms with Crippen LogP contribution in [0.1, 0.15) is 72.6 Å². The molecule has 1 aliphatic carbocycles. The summed E-state index contributed by atoms with van der Waals surface area (Å²) in [5.41, 5.74) is 2.95. The van der Waals surface area contributed by atoms with Crippen LogP contribution in [0.4, 0.5) is 0 Å². The van der Waals surface area contributed by atoms with Crippen LogP contribution in [0.15, 0.2) is 0 Å². The lowest BCUT2D eigenvalue weighted by molar-refractivity contribution is 0.0908. The number of amides is 1. The zero-order valence-electron chi connectivity index (χ0n) is 13.0. The number of fused-ring (bicyclic) bond motifs is 1. The van der Waals surface area contributed by atoms with E-state index in [9.17, 15) is 9.59 Å². The molecule has 0 fully saturated rings. The second-order valence-electron chi connectivity index (χ2n) is 6.70. The van der Waals surface area contributed by atoms with Crippen LogP contribution < -0.4 is 5.32 Å². The van der Waals surface area contributed by atoms with Gasteiger partial charge in [-0.2, -0.15) is 0 Å². The summed E-state index contributed by atoms with van der Waals surface area (Å²) in [7, 11) is 0. The fourth-order valence-corrected chi connectivity index (χ4v) is 2.86. The van der Waals surface area contributed by atoms with Gasteiger partial charge in [0.25, 0.3) is 5.91 Å². The second-order valence-corrected chi connectivity index (χ2v) is 6.70. The smallest absolute Gasteiger partial charge is 0.268 e. The van der Waals surface area contributed by atoms with Crippen molar-refractivity contribution in [3.05, 3.63) is 22.5 Å². The summed E-state index contributed by atoms with van der Waals surface area (Å²) < 4.78 is 0.